The molecule has 0 fully saturated rings. The van der Waals surface area contributed by atoms with Gasteiger partial charge in [-0.2, -0.15) is 5.10 Å². The largest absolute Gasteiger partial charge is 0.352 e. The number of nitrogens with one attached hydrogen (secondary N) is 1. The summed E-state index contributed by atoms with van der Waals surface area (Å²) in [6.07, 6.45) is 0. The van der Waals surface area contributed by atoms with Crippen molar-refractivity contribution in [1.82, 2.24) is 20.5 Å². The zero-order valence-electron chi connectivity index (χ0n) is 13.1. The Labute approximate surface area is 130 Å². The molecule has 0 aliphatic heterocycles. The molecule has 2 aromatic heterocycles. The number of hydrogen-bond acceptors (Lipinski definition) is 6. The molecule has 0 atom stereocenters. The molecule has 0 saturated heterocycles. The molecule has 0 bridgehead atoms. The van der Waals surface area contributed by atoms with Crippen molar-refractivity contribution in [2.45, 2.75) is 33.9 Å². The number of rotatable bonds is 7. The van der Waals surface area contributed by atoms with E-state index in [0.29, 0.717) is 5.92 Å². The van der Waals surface area contributed by atoms with E-state index in [1.165, 1.54) is 0 Å². The van der Waals surface area contributed by atoms with Crippen molar-refractivity contribution in [3.63, 3.8) is 0 Å². The van der Waals surface area contributed by atoms with Crippen molar-refractivity contribution in [3.05, 3.63) is 33.9 Å². The highest BCUT2D eigenvalue weighted by molar-refractivity contribution is 7.09. The predicted octanol–water partition coefficient (Wildman–Crippen LogP) is 2.62. The molecule has 0 radical (unpaired) electrons. The first-order valence-corrected chi connectivity index (χ1v) is 8.08. The third-order valence-electron chi connectivity index (χ3n) is 3.02. The van der Waals surface area contributed by atoms with Crippen LogP contribution in [0.25, 0.3) is 0 Å². The number of anilines is 1. The minimum atomic E-state index is 0.643. The van der Waals surface area contributed by atoms with Crippen LogP contribution < -0.4 is 10.2 Å². The Morgan fingerprint density at radius 2 is 2.05 bits per heavy atom. The lowest BCUT2D eigenvalue weighted by Crippen LogP contribution is -2.21. The Kier molecular flexibility index (Phi) is 5.64. The Morgan fingerprint density at radius 3 is 2.62 bits per heavy atom. The van der Waals surface area contributed by atoms with Gasteiger partial charge in [0.25, 0.3) is 0 Å². The highest BCUT2D eigenvalue weighted by Crippen LogP contribution is 2.14. The first kappa shape index (κ1) is 15.9. The van der Waals surface area contributed by atoms with Crippen LogP contribution in [0.5, 0.6) is 0 Å². The van der Waals surface area contributed by atoms with Gasteiger partial charge in [-0.1, -0.05) is 13.8 Å². The fourth-order valence-corrected chi connectivity index (χ4v) is 2.55. The van der Waals surface area contributed by atoms with Crippen LogP contribution in [0.15, 0.2) is 17.5 Å². The Bertz CT molecular complexity index is 549. The van der Waals surface area contributed by atoms with Crippen molar-refractivity contribution in [1.29, 1.82) is 0 Å². The molecule has 2 rings (SSSR count). The highest BCUT2D eigenvalue weighted by Gasteiger charge is 2.07. The molecule has 6 heteroatoms. The molecule has 0 saturated carbocycles. The number of aromatic nitrogens is 3. The van der Waals surface area contributed by atoms with Crippen LogP contribution in [-0.2, 0) is 13.1 Å². The van der Waals surface area contributed by atoms with Crippen molar-refractivity contribution < 1.29 is 0 Å². The van der Waals surface area contributed by atoms with E-state index in [4.69, 9.17) is 0 Å². The highest BCUT2D eigenvalue weighted by atomic mass is 32.1. The molecule has 0 amide bonds. The molecule has 2 heterocycles. The smallest absolute Gasteiger partial charge is 0.151 e. The Balaban J connectivity index is 1.88. The molecular formula is C15H23N5S. The zero-order chi connectivity index (χ0) is 15.2. The first-order chi connectivity index (χ1) is 10.0. The van der Waals surface area contributed by atoms with E-state index >= 15 is 0 Å². The van der Waals surface area contributed by atoms with Crippen LogP contribution in [0.4, 0.5) is 5.82 Å². The molecule has 0 aliphatic carbocycles. The number of nitrogens with zero attached hydrogens (tertiary/aromatic N) is 4. The fourth-order valence-electron chi connectivity index (χ4n) is 1.94. The molecule has 1 N–H and O–H groups in total. The maximum absolute atomic E-state index is 4.47. The lowest BCUT2D eigenvalue weighted by atomic mass is 10.2. The van der Waals surface area contributed by atoms with Gasteiger partial charge in [-0.05, 0) is 31.5 Å². The van der Waals surface area contributed by atoms with Crippen molar-refractivity contribution >= 4 is 17.2 Å². The van der Waals surface area contributed by atoms with Crippen LogP contribution in [0, 0.1) is 12.8 Å². The lowest BCUT2D eigenvalue weighted by molar-refractivity contribution is 0.546. The van der Waals surface area contributed by atoms with Crippen LogP contribution in [-0.4, -0.2) is 28.8 Å². The molecule has 0 aromatic carbocycles. The first-order valence-electron chi connectivity index (χ1n) is 7.20. The summed E-state index contributed by atoms with van der Waals surface area (Å²) in [5.74, 6) is 1.51. The summed E-state index contributed by atoms with van der Waals surface area (Å²) in [7, 11) is 2.01. The minimum absolute atomic E-state index is 0.643. The molecule has 0 unspecified atom stereocenters. The van der Waals surface area contributed by atoms with Crippen LogP contribution in [0.3, 0.4) is 0 Å². The molecule has 21 heavy (non-hydrogen) atoms. The third-order valence-corrected chi connectivity index (χ3v) is 3.84. The molecule has 5 nitrogen and oxygen atoms in total. The van der Waals surface area contributed by atoms with Gasteiger partial charge in [0.2, 0.25) is 0 Å². The van der Waals surface area contributed by atoms with Gasteiger partial charge in [0.15, 0.2) is 5.82 Å². The summed E-state index contributed by atoms with van der Waals surface area (Å²) >= 11 is 1.67. The van der Waals surface area contributed by atoms with E-state index in [2.05, 4.69) is 44.6 Å². The summed E-state index contributed by atoms with van der Waals surface area (Å²) in [6, 6.07) is 4.04. The lowest BCUT2D eigenvalue weighted by Gasteiger charge is -2.16. The summed E-state index contributed by atoms with van der Waals surface area (Å²) in [5.41, 5.74) is 2.04. The summed E-state index contributed by atoms with van der Waals surface area (Å²) in [5, 5.41) is 15.1. The van der Waals surface area contributed by atoms with Gasteiger partial charge in [-0.15, -0.1) is 16.4 Å². The van der Waals surface area contributed by atoms with Gasteiger partial charge in [-0.3, -0.25) is 0 Å². The van der Waals surface area contributed by atoms with E-state index in [1.54, 1.807) is 11.3 Å². The number of aryl methyl sites for hydroxylation is 1. The second-order valence-electron chi connectivity index (χ2n) is 5.62. The standard InChI is InChI=1S/C15H23N5S/c1-11(2)7-16-8-13-5-6-15(19-18-13)20(4)9-14-10-21-12(3)17-14/h5-6,10-11,16H,7-9H2,1-4H3. The van der Waals surface area contributed by atoms with Gasteiger partial charge < -0.3 is 10.2 Å². The summed E-state index contributed by atoms with van der Waals surface area (Å²) in [6.45, 7) is 8.91. The predicted molar refractivity (Wildman–Crippen MR) is 87.5 cm³/mol. The Morgan fingerprint density at radius 1 is 1.24 bits per heavy atom. The van der Waals surface area contributed by atoms with Crippen molar-refractivity contribution in [3.8, 4) is 0 Å². The summed E-state index contributed by atoms with van der Waals surface area (Å²) in [4.78, 5) is 6.53. The van der Waals surface area contributed by atoms with Gasteiger partial charge >= 0.3 is 0 Å². The van der Waals surface area contributed by atoms with Crippen molar-refractivity contribution in [2.24, 2.45) is 5.92 Å². The molecule has 0 spiro atoms. The quantitative estimate of drug-likeness (QED) is 0.852. The van der Waals surface area contributed by atoms with Gasteiger partial charge in [-0.25, -0.2) is 4.98 Å². The Hall–Kier alpha value is -1.53. The van der Waals surface area contributed by atoms with Crippen LogP contribution >= 0.6 is 11.3 Å². The zero-order valence-corrected chi connectivity index (χ0v) is 13.9. The fraction of sp³-hybridized carbons (Fsp3) is 0.533. The van der Waals surface area contributed by atoms with Gasteiger partial charge in [0, 0.05) is 19.0 Å². The van der Waals surface area contributed by atoms with Crippen LogP contribution in [0.1, 0.15) is 30.2 Å². The number of thiazole rings is 1. The van der Waals surface area contributed by atoms with Crippen LogP contribution in [0.2, 0.25) is 0 Å². The van der Waals surface area contributed by atoms with E-state index in [1.807, 2.05) is 26.1 Å². The molecular weight excluding hydrogens is 282 g/mol. The van der Waals surface area contributed by atoms with E-state index in [0.717, 1.165) is 41.8 Å². The number of hydrogen-bond donors (Lipinski definition) is 1. The topological polar surface area (TPSA) is 53.9 Å². The van der Waals surface area contributed by atoms with E-state index in [9.17, 15) is 0 Å². The van der Waals surface area contributed by atoms with E-state index in [-0.39, 0.29) is 0 Å². The third kappa shape index (κ3) is 5.06. The normalized spacial score (nSPS) is 11.1. The second kappa shape index (κ2) is 7.47. The second-order valence-corrected chi connectivity index (χ2v) is 6.68. The average Bonchev–Trinajstić information content (AvgIpc) is 2.84. The maximum atomic E-state index is 4.47. The maximum Gasteiger partial charge on any atom is 0.151 e. The SMILES string of the molecule is Cc1nc(CN(C)c2ccc(CNCC(C)C)nn2)cs1. The van der Waals surface area contributed by atoms with Crippen molar-refractivity contribution in [2.75, 3.05) is 18.5 Å². The van der Waals surface area contributed by atoms with Gasteiger partial charge in [0.1, 0.15) is 0 Å². The minimum Gasteiger partial charge on any atom is -0.352 e. The van der Waals surface area contributed by atoms with Gasteiger partial charge in [0.05, 0.1) is 22.9 Å². The average molecular weight is 305 g/mol. The molecule has 114 valence electrons. The van der Waals surface area contributed by atoms with E-state index < -0.39 is 0 Å². The summed E-state index contributed by atoms with van der Waals surface area (Å²) < 4.78 is 0. The molecule has 0 aliphatic rings. The monoisotopic (exact) mass is 305 g/mol. The molecule has 2 aromatic rings.